The van der Waals surface area contributed by atoms with Crippen molar-refractivity contribution in [3.05, 3.63) is 45.7 Å². The molecule has 19 heavy (non-hydrogen) atoms. The van der Waals surface area contributed by atoms with Crippen LogP contribution in [0.25, 0.3) is 10.9 Å². The van der Waals surface area contributed by atoms with Crippen LogP contribution in [0.1, 0.15) is 28.4 Å². The predicted octanol–water partition coefficient (Wildman–Crippen LogP) is 1.30. The maximum atomic E-state index is 12.3. The molecule has 1 aliphatic rings. The summed E-state index contributed by atoms with van der Waals surface area (Å²) in [6.45, 7) is 1.55. The number of hydrogen-bond donors (Lipinski definition) is 3. The van der Waals surface area contributed by atoms with E-state index in [9.17, 15) is 14.7 Å². The van der Waals surface area contributed by atoms with Crippen molar-refractivity contribution < 1.29 is 9.90 Å². The molecule has 0 aliphatic carbocycles. The van der Waals surface area contributed by atoms with Crippen LogP contribution in [0.3, 0.4) is 0 Å². The Morgan fingerprint density at radius 1 is 1.32 bits per heavy atom. The number of pyridine rings is 1. The van der Waals surface area contributed by atoms with Crippen LogP contribution in [0, 0.1) is 0 Å². The monoisotopic (exact) mass is 258 g/mol. The van der Waals surface area contributed by atoms with Crippen molar-refractivity contribution in [1.82, 2.24) is 10.3 Å². The standard InChI is InChI=1S/C14H14N2O3/c17-13-9-3-1-2-4-10(9)16-12(11(13)14(18)19)8-5-6-15-7-8/h1-4,8,15H,5-7H2,(H,16,17)(H,18,19). The van der Waals surface area contributed by atoms with E-state index in [1.807, 2.05) is 6.07 Å². The molecule has 0 radical (unpaired) electrons. The molecule has 1 unspecified atom stereocenters. The zero-order valence-corrected chi connectivity index (χ0v) is 10.3. The van der Waals surface area contributed by atoms with Gasteiger partial charge < -0.3 is 15.4 Å². The van der Waals surface area contributed by atoms with Gasteiger partial charge in [-0.1, -0.05) is 12.1 Å². The van der Waals surface area contributed by atoms with Gasteiger partial charge in [0.1, 0.15) is 5.56 Å². The molecule has 1 saturated heterocycles. The highest BCUT2D eigenvalue weighted by Crippen LogP contribution is 2.24. The first-order chi connectivity index (χ1) is 9.18. The van der Waals surface area contributed by atoms with E-state index < -0.39 is 11.4 Å². The summed E-state index contributed by atoms with van der Waals surface area (Å²) in [5, 5.41) is 12.9. The van der Waals surface area contributed by atoms with Gasteiger partial charge in [-0.15, -0.1) is 0 Å². The summed E-state index contributed by atoms with van der Waals surface area (Å²) in [6.07, 6.45) is 0.842. The molecule has 1 atom stereocenters. The fourth-order valence-corrected chi connectivity index (χ4v) is 2.67. The maximum Gasteiger partial charge on any atom is 0.341 e. The van der Waals surface area contributed by atoms with E-state index in [1.54, 1.807) is 18.2 Å². The molecule has 5 nitrogen and oxygen atoms in total. The number of aromatic carboxylic acids is 1. The first-order valence-corrected chi connectivity index (χ1v) is 6.27. The average Bonchev–Trinajstić information content (AvgIpc) is 2.92. The second-order valence-corrected chi connectivity index (χ2v) is 4.78. The van der Waals surface area contributed by atoms with Crippen molar-refractivity contribution in [3.63, 3.8) is 0 Å². The smallest absolute Gasteiger partial charge is 0.341 e. The maximum absolute atomic E-state index is 12.3. The minimum atomic E-state index is -1.16. The van der Waals surface area contributed by atoms with Gasteiger partial charge in [-0.25, -0.2) is 4.79 Å². The van der Waals surface area contributed by atoms with Gasteiger partial charge in [-0.05, 0) is 25.1 Å². The Balaban J connectivity index is 2.32. The lowest BCUT2D eigenvalue weighted by atomic mass is 9.97. The van der Waals surface area contributed by atoms with Crippen molar-refractivity contribution in [2.24, 2.45) is 0 Å². The van der Waals surface area contributed by atoms with Crippen LogP contribution >= 0.6 is 0 Å². The Bertz CT molecular complexity index is 699. The minimum absolute atomic E-state index is 0.0587. The quantitative estimate of drug-likeness (QED) is 0.758. The fraction of sp³-hybridized carbons (Fsp3) is 0.286. The Labute approximate surface area is 109 Å². The molecule has 1 aromatic heterocycles. The Morgan fingerprint density at radius 2 is 2.11 bits per heavy atom. The number of carbonyl (C=O) groups is 1. The van der Waals surface area contributed by atoms with E-state index in [0.29, 0.717) is 23.1 Å². The lowest BCUT2D eigenvalue weighted by Crippen LogP contribution is -2.22. The van der Waals surface area contributed by atoms with Gasteiger partial charge >= 0.3 is 5.97 Å². The molecule has 1 aromatic carbocycles. The molecule has 2 heterocycles. The van der Waals surface area contributed by atoms with Crippen LogP contribution in [0.5, 0.6) is 0 Å². The molecule has 0 amide bonds. The number of carboxylic acid groups (broad SMARTS) is 1. The van der Waals surface area contributed by atoms with E-state index in [4.69, 9.17) is 0 Å². The largest absolute Gasteiger partial charge is 0.477 e. The molecule has 98 valence electrons. The van der Waals surface area contributed by atoms with Gasteiger partial charge in [0.05, 0.1) is 0 Å². The molecule has 1 fully saturated rings. The first kappa shape index (κ1) is 11.9. The van der Waals surface area contributed by atoms with Crippen molar-refractivity contribution in [2.75, 3.05) is 13.1 Å². The molecular weight excluding hydrogens is 244 g/mol. The molecule has 3 rings (SSSR count). The number of H-pyrrole nitrogens is 1. The van der Waals surface area contributed by atoms with Crippen molar-refractivity contribution in [1.29, 1.82) is 0 Å². The molecule has 3 N–H and O–H groups in total. The van der Waals surface area contributed by atoms with Crippen LogP contribution < -0.4 is 10.7 Å². The Morgan fingerprint density at radius 3 is 2.79 bits per heavy atom. The van der Waals surface area contributed by atoms with E-state index in [1.165, 1.54) is 0 Å². The summed E-state index contributed by atoms with van der Waals surface area (Å²) in [7, 11) is 0. The molecule has 1 aliphatic heterocycles. The third-order valence-electron chi connectivity index (χ3n) is 3.62. The topological polar surface area (TPSA) is 82.2 Å². The van der Waals surface area contributed by atoms with Crippen LogP contribution in [-0.4, -0.2) is 29.1 Å². The fourth-order valence-electron chi connectivity index (χ4n) is 2.67. The number of para-hydroxylation sites is 1. The van der Waals surface area contributed by atoms with Crippen LogP contribution in [-0.2, 0) is 0 Å². The molecule has 0 spiro atoms. The third kappa shape index (κ3) is 1.92. The Hall–Kier alpha value is -2.14. The van der Waals surface area contributed by atoms with E-state index in [-0.39, 0.29) is 11.5 Å². The van der Waals surface area contributed by atoms with E-state index >= 15 is 0 Å². The summed E-state index contributed by atoms with van der Waals surface area (Å²) >= 11 is 0. The predicted molar refractivity (Wildman–Crippen MR) is 71.8 cm³/mol. The summed E-state index contributed by atoms with van der Waals surface area (Å²) in [5.74, 6) is -1.10. The van der Waals surface area contributed by atoms with Gasteiger partial charge in [0.15, 0.2) is 0 Å². The van der Waals surface area contributed by atoms with Crippen molar-refractivity contribution >= 4 is 16.9 Å². The summed E-state index contributed by atoms with van der Waals surface area (Å²) < 4.78 is 0. The zero-order chi connectivity index (χ0) is 13.4. The van der Waals surface area contributed by atoms with Crippen LogP contribution in [0.4, 0.5) is 0 Å². The van der Waals surface area contributed by atoms with Gasteiger partial charge in [-0.2, -0.15) is 0 Å². The number of aromatic nitrogens is 1. The number of hydrogen-bond acceptors (Lipinski definition) is 3. The normalized spacial score (nSPS) is 18.8. The number of aromatic amines is 1. The Kier molecular flexibility index (Phi) is 2.83. The average molecular weight is 258 g/mol. The second kappa shape index (κ2) is 4.51. The number of rotatable bonds is 2. The lowest BCUT2D eigenvalue weighted by Gasteiger charge is -2.13. The highest BCUT2D eigenvalue weighted by molar-refractivity contribution is 5.94. The van der Waals surface area contributed by atoms with Gasteiger partial charge in [0.2, 0.25) is 5.43 Å². The van der Waals surface area contributed by atoms with E-state index in [0.717, 1.165) is 13.0 Å². The number of nitrogens with one attached hydrogen (secondary N) is 2. The summed E-state index contributed by atoms with van der Waals surface area (Å²) in [5.41, 5.74) is 0.719. The zero-order valence-electron chi connectivity index (χ0n) is 10.3. The molecule has 0 saturated carbocycles. The number of fused-ring (bicyclic) bond motifs is 1. The summed E-state index contributed by atoms with van der Waals surface area (Å²) in [4.78, 5) is 26.9. The molecule has 0 bridgehead atoms. The lowest BCUT2D eigenvalue weighted by molar-refractivity contribution is 0.0693. The van der Waals surface area contributed by atoms with Crippen LogP contribution in [0.2, 0.25) is 0 Å². The van der Waals surface area contributed by atoms with Crippen molar-refractivity contribution in [2.45, 2.75) is 12.3 Å². The third-order valence-corrected chi connectivity index (χ3v) is 3.62. The van der Waals surface area contributed by atoms with Gasteiger partial charge in [0, 0.05) is 29.1 Å². The molecule has 2 aromatic rings. The molecular formula is C14H14N2O3. The van der Waals surface area contributed by atoms with Gasteiger partial charge in [0.25, 0.3) is 0 Å². The first-order valence-electron chi connectivity index (χ1n) is 6.27. The highest BCUT2D eigenvalue weighted by atomic mass is 16.4. The van der Waals surface area contributed by atoms with Crippen molar-refractivity contribution in [3.8, 4) is 0 Å². The van der Waals surface area contributed by atoms with Gasteiger partial charge in [-0.3, -0.25) is 4.79 Å². The molecule has 5 heteroatoms. The SMILES string of the molecule is O=C(O)c1c(C2CCNC2)[nH]c2ccccc2c1=O. The second-order valence-electron chi connectivity index (χ2n) is 4.78. The number of benzene rings is 1. The number of carboxylic acids is 1. The van der Waals surface area contributed by atoms with Crippen LogP contribution in [0.15, 0.2) is 29.1 Å². The van der Waals surface area contributed by atoms with E-state index in [2.05, 4.69) is 10.3 Å². The summed E-state index contributed by atoms with van der Waals surface area (Å²) in [6, 6.07) is 7.01. The minimum Gasteiger partial charge on any atom is -0.477 e. The highest BCUT2D eigenvalue weighted by Gasteiger charge is 2.26.